The first-order valence-electron chi connectivity index (χ1n) is 4.92. The molecule has 0 bridgehead atoms. The molecule has 0 aliphatic carbocycles. The molecule has 7 heteroatoms. The Balaban J connectivity index is 2.48. The highest BCUT2D eigenvalue weighted by Gasteiger charge is 2.13. The van der Waals surface area contributed by atoms with E-state index >= 15 is 0 Å². The molecule has 0 heterocycles. The van der Waals surface area contributed by atoms with Gasteiger partial charge in [0, 0.05) is 37.5 Å². The van der Waals surface area contributed by atoms with E-state index in [1.807, 2.05) is 24.3 Å². The Morgan fingerprint density at radius 1 is 0.632 bits per heavy atom. The van der Waals surface area contributed by atoms with Gasteiger partial charge in [0.1, 0.15) is 0 Å². The van der Waals surface area contributed by atoms with Crippen LogP contribution in [0.2, 0.25) is 0 Å². The number of hydrogen-bond acceptors (Lipinski definition) is 3. The highest BCUT2D eigenvalue weighted by atomic mass is 79.9. The van der Waals surface area contributed by atoms with Crippen LogP contribution in [0.5, 0.6) is 0 Å². The summed E-state index contributed by atoms with van der Waals surface area (Å²) in [6.45, 7) is 0. The summed E-state index contributed by atoms with van der Waals surface area (Å²) in [6.07, 6.45) is 0. The molecular formula is C12H6Br4S3. The maximum atomic E-state index is 4.35. The summed E-state index contributed by atoms with van der Waals surface area (Å²) >= 11 is 24.7. The van der Waals surface area contributed by atoms with Crippen molar-refractivity contribution < 1.29 is 0 Å². The van der Waals surface area contributed by atoms with Gasteiger partial charge in [0.05, 0.1) is 0 Å². The van der Waals surface area contributed by atoms with Crippen molar-refractivity contribution in [3.05, 3.63) is 42.2 Å². The SMILES string of the molecule is Sc1cc(Br)c(Sc2c(Br)cc(S)cc2Br)c(Br)c1. The zero-order chi connectivity index (χ0) is 14.2. The van der Waals surface area contributed by atoms with Crippen molar-refractivity contribution in [2.45, 2.75) is 19.6 Å². The Morgan fingerprint density at radius 2 is 0.895 bits per heavy atom. The Labute approximate surface area is 160 Å². The molecule has 0 saturated carbocycles. The zero-order valence-corrected chi connectivity index (χ0v) is 18.1. The number of halogens is 4. The fourth-order valence-electron chi connectivity index (χ4n) is 1.39. The second kappa shape index (κ2) is 7.11. The van der Waals surface area contributed by atoms with Crippen LogP contribution in [0.1, 0.15) is 0 Å². The van der Waals surface area contributed by atoms with Gasteiger partial charge in [-0.2, -0.15) is 0 Å². The van der Waals surface area contributed by atoms with Crippen LogP contribution in [0.15, 0.2) is 61.7 Å². The molecule has 0 unspecified atom stereocenters. The van der Waals surface area contributed by atoms with Crippen molar-refractivity contribution in [1.82, 2.24) is 0 Å². The highest BCUT2D eigenvalue weighted by Crippen LogP contribution is 2.45. The molecule has 0 aliphatic rings. The topological polar surface area (TPSA) is 0 Å². The van der Waals surface area contributed by atoms with Crippen LogP contribution in [-0.4, -0.2) is 0 Å². The van der Waals surface area contributed by atoms with Crippen molar-refractivity contribution in [1.29, 1.82) is 0 Å². The first kappa shape index (κ1) is 16.8. The van der Waals surface area contributed by atoms with Crippen molar-refractivity contribution in [3.8, 4) is 0 Å². The predicted octanol–water partition coefficient (Wildman–Crippen LogP) is 7.47. The summed E-state index contributed by atoms with van der Waals surface area (Å²) in [4.78, 5) is 4.02. The molecule has 0 amide bonds. The molecule has 0 nitrogen and oxygen atoms in total. The molecule has 0 radical (unpaired) electrons. The third-order valence-electron chi connectivity index (χ3n) is 2.17. The lowest BCUT2D eigenvalue weighted by atomic mass is 10.4. The second-order valence-corrected chi connectivity index (χ2v) is 9.05. The van der Waals surface area contributed by atoms with Crippen LogP contribution >= 0.6 is 101 Å². The van der Waals surface area contributed by atoms with Gasteiger partial charge in [-0.05, 0) is 88.0 Å². The Bertz CT molecular complexity index is 541. The van der Waals surface area contributed by atoms with Crippen LogP contribution < -0.4 is 0 Å². The number of thiol groups is 2. The van der Waals surface area contributed by atoms with E-state index in [0.717, 1.165) is 37.5 Å². The molecule has 19 heavy (non-hydrogen) atoms. The average Bonchev–Trinajstić information content (AvgIpc) is 2.25. The lowest BCUT2D eigenvalue weighted by molar-refractivity contribution is 1.24. The van der Waals surface area contributed by atoms with E-state index < -0.39 is 0 Å². The minimum absolute atomic E-state index is 0.909. The summed E-state index contributed by atoms with van der Waals surface area (Å²) in [5.41, 5.74) is 0. The molecule has 0 aliphatic heterocycles. The van der Waals surface area contributed by atoms with Crippen LogP contribution in [0.4, 0.5) is 0 Å². The molecule has 0 N–H and O–H groups in total. The standard InChI is InChI=1S/C12H6Br4S3/c13-7-1-5(17)2-8(14)11(7)19-12-9(15)3-6(18)4-10(12)16/h1-4,17-18H. The largest absolute Gasteiger partial charge is 0.143 e. The number of benzene rings is 2. The minimum Gasteiger partial charge on any atom is -0.143 e. The van der Waals surface area contributed by atoms with Gasteiger partial charge in [-0.25, -0.2) is 0 Å². The van der Waals surface area contributed by atoms with Crippen LogP contribution in [0.3, 0.4) is 0 Å². The summed E-state index contributed by atoms with van der Waals surface area (Å²) in [5.74, 6) is 0. The van der Waals surface area contributed by atoms with E-state index in [0.29, 0.717) is 0 Å². The minimum atomic E-state index is 0.909. The second-order valence-electron chi connectivity index (χ2n) is 3.58. The predicted molar refractivity (Wildman–Crippen MR) is 102 cm³/mol. The van der Waals surface area contributed by atoms with Crippen LogP contribution in [0, 0.1) is 0 Å². The van der Waals surface area contributed by atoms with Gasteiger partial charge in [-0.15, -0.1) is 25.3 Å². The zero-order valence-electron chi connectivity index (χ0n) is 9.12. The fourth-order valence-corrected chi connectivity index (χ4v) is 6.79. The molecule has 0 spiro atoms. The Morgan fingerprint density at radius 3 is 1.16 bits per heavy atom. The maximum absolute atomic E-state index is 4.35. The van der Waals surface area contributed by atoms with E-state index in [-0.39, 0.29) is 0 Å². The highest BCUT2D eigenvalue weighted by molar-refractivity contribution is 9.11. The van der Waals surface area contributed by atoms with E-state index in [4.69, 9.17) is 0 Å². The molecule has 0 fully saturated rings. The molecule has 0 aromatic heterocycles. The first-order valence-corrected chi connectivity index (χ1v) is 9.80. The molecule has 0 saturated heterocycles. The lowest BCUT2D eigenvalue weighted by Gasteiger charge is -2.12. The maximum Gasteiger partial charge on any atom is 0.0408 e. The lowest BCUT2D eigenvalue weighted by Crippen LogP contribution is -1.83. The normalized spacial score (nSPS) is 10.8. The summed E-state index contributed by atoms with van der Waals surface area (Å²) < 4.78 is 4.02. The first-order chi connectivity index (χ1) is 8.88. The van der Waals surface area contributed by atoms with Crippen molar-refractivity contribution in [3.63, 3.8) is 0 Å². The van der Waals surface area contributed by atoms with E-state index in [1.54, 1.807) is 11.8 Å². The third-order valence-corrected chi connectivity index (χ3v) is 7.53. The van der Waals surface area contributed by atoms with Gasteiger partial charge >= 0.3 is 0 Å². The van der Waals surface area contributed by atoms with E-state index in [2.05, 4.69) is 89.0 Å². The fraction of sp³-hybridized carbons (Fsp3) is 0. The molecule has 2 rings (SSSR count). The summed E-state index contributed by atoms with van der Waals surface area (Å²) in [5, 5.41) is 0. The van der Waals surface area contributed by atoms with E-state index in [1.165, 1.54) is 0 Å². The molecule has 2 aromatic rings. The molecule has 0 atom stereocenters. The van der Waals surface area contributed by atoms with Crippen LogP contribution in [-0.2, 0) is 0 Å². The molecule has 100 valence electrons. The summed E-state index contributed by atoms with van der Waals surface area (Å²) in [7, 11) is 0. The number of rotatable bonds is 2. The van der Waals surface area contributed by atoms with Gasteiger partial charge in [0.15, 0.2) is 0 Å². The molecule has 2 aromatic carbocycles. The van der Waals surface area contributed by atoms with E-state index in [9.17, 15) is 0 Å². The molecular weight excluding hydrogens is 560 g/mol. The Kier molecular flexibility index (Phi) is 6.28. The van der Waals surface area contributed by atoms with Crippen molar-refractivity contribution in [2.24, 2.45) is 0 Å². The van der Waals surface area contributed by atoms with Crippen molar-refractivity contribution in [2.75, 3.05) is 0 Å². The quantitative estimate of drug-likeness (QED) is 0.356. The smallest absolute Gasteiger partial charge is 0.0408 e. The van der Waals surface area contributed by atoms with Gasteiger partial charge in [0.2, 0.25) is 0 Å². The summed E-state index contributed by atoms with van der Waals surface area (Å²) in [6, 6.07) is 7.91. The van der Waals surface area contributed by atoms with Gasteiger partial charge < -0.3 is 0 Å². The third kappa shape index (κ3) is 4.20. The average molecular weight is 566 g/mol. The van der Waals surface area contributed by atoms with Gasteiger partial charge in [0.25, 0.3) is 0 Å². The van der Waals surface area contributed by atoms with Gasteiger partial charge in [-0.3, -0.25) is 0 Å². The Hall–Kier alpha value is 1.41. The van der Waals surface area contributed by atoms with Crippen molar-refractivity contribution >= 4 is 101 Å². The monoisotopic (exact) mass is 562 g/mol. The van der Waals surface area contributed by atoms with Gasteiger partial charge in [-0.1, -0.05) is 11.8 Å². The van der Waals surface area contributed by atoms with Crippen LogP contribution in [0.25, 0.3) is 0 Å². The number of hydrogen-bond donors (Lipinski definition) is 2.